The van der Waals surface area contributed by atoms with Crippen LogP contribution in [-0.4, -0.2) is 74.4 Å². The number of ketones is 2. The molecule has 0 aromatic carbocycles. The summed E-state index contributed by atoms with van der Waals surface area (Å²) in [6.07, 6.45) is 1.82. The van der Waals surface area contributed by atoms with Gasteiger partial charge in [0.15, 0.2) is 11.9 Å². The molecule has 0 aromatic heterocycles. The molecular formula is C29H42N2O9. The molecule has 0 saturated heterocycles. The van der Waals surface area contributed by atoms with Crippen LogP contribution in [0.1, 0.15) is 53.4 Å². The van der Waals surface area contributed by atoms with E-state index in [0.29, 0.717) is 30.4 Å². The zero-order chi connectivity index (χ0) is 30.1. The van der Waals surface area contributed by atoms with Crippen molar-refractivity contribution in [1.82, 2.24) is 5.32 Å². The lowest BCUT2D eigenvalue weighted by atomic mass is 9.85. The van der Waals surface area contributed by atoms with Crippen LogP contribution in [0.5, 0.6) is 0 Å². The normalized spacial score (nSPS) is 32.3. The van der Waals surface area contributed by atoms with Gasteiger partial charge in [-0.3, -0.25) is 14.4 Å². The van der Waals surface area contributed by atoms with Gasteiger partial charge in [0.1, 0.15) is 0 Å². The Bertz CT molecular complexity index is 1100. The van der Waals surface area contributed by atoms with Crippen LogP contribution in [0.3, 0.4) is 0 Å². The molecule has 2 rings (SSSR count). The van der Waals surface area contributed by atoms with Crippen molar-refractivity contribution >= 4 is 23.6 Å². The van der Waals surface area contributed by atoms with Crippen molar-refractivity contribution in [2.75, 3.05) is 21.3 Å². The van der Waals surface area contributed by atoms with E-state index in [1.54, 1.807) is 26.0 Å². The Hall–Kier alpha value is -3.28. The number of Topliss-reactive ketones (excluding diaryl/α,β-unsaturated/α-hetero) is 1. The molecule has 1 heterocycles. The molecule has 2 amide bonds. The maximum absolute atomic E-state index is 13.3. The van der Waals surface area contributed by atoms with E-state index in [-0.39, 0.29) is 29.4 Å². The highest BCUT2D eigenvalue weighted by atomic mass is 16.6. The van der Waals surface area contributed by atoms with Gasteiger partial charge < -0.3 is 35.1 Å². The summed E-state index contributed by atoms with van der Waals surface area (Å²) in [7, 11) is 4.28. The van der Waals surface area contributed by atoms with Gasteiger partial charge in [-0.25, -0.2) is 4.79 Å². The van der Waals surface area contributed by atoms with Crippen LogP contribution in [-0.2, 0) is 33.3 Å². The molecule has 11 heteroatoms. The van der Waals surface area contributed by atoms with Crippen LogP contribution in [0.2, 0.25) is 0 Å². The van der Waals surface area contributed by atoms with E-state index in [4.69, 9.17) is 24.7 Å². The Morgan fingerprint density at radius 1 is 1.07 bits per heavy atom. The Kier molecular flexibility index (Phi) is 12.3. The molecule has 40 heavy (non-hydrogen) atoms. The summed E-state index contributed by atoms with van der Waals surface area (Å²) in [5.41, 5.74) is 6.32. The predicted molar refractivity (Wildman–Crippen MR) is 147 cm³/mol. The molecule has 0 unspecified atom stereocenters. The van der Waals surface area contributed by atoms with E-state index < -0.39 is 53.9 Å². The van der Waals surface area contributed by atoms with E-state index in [1.807, 2.05) is 13.8 Å². The van der Waals surface area contributed by atoms with E-state index >= 15 is 0 Å². The van der Waals surface area contributed by atoms with E-state index in [1.165, 1.54) is 21.3 Å². The van der Waals surface area contributed by atoms with Gasteiger partial charge in [-0.2, -0.15) is 0 Å². The molecular weight excluding hydrogens is 520 g/mol. The SMILES string of the molecule is COC1=C2C[C@H](C)C[C@@H](OC)[C@H](O)[C@H](C)/C=C(\C)[C@@H](OC(N)=O)[C@@H](OC)CC/C=C(\C)C(=O)NC(=CC1=O)C2=O. The predicted octanol–water partition coefficient (Wildman–Crippen LogP) is 2.63. The number of primary amides is 1. The Morgan fingerprint density at radius 2 is 1.73 bits per heavy atom. The van der Waals surface area contributed by atoms with Crippen LogP contribution in [0, 0.1) is 11.8 Å². The summed E-state index contributed by atoms with van der Waals surface area (Å²) in [6, 6.07) is 0. The summed E-state index contributed by atoms with van der Waals surface area (Å²) in [5, 5.41) is 13.7. The monoisotopic (exact) mass is 562 g/mol. The second kappa shape index (κ2) is 14.9. The van der Waals surface area contributed by atoms with Gasteiger partial charge in [0.05, 0.1) is 31.1 Å². The van der Waals surface area contributed by atoms with Gasteiger partial charge in [0.2, 0.25) is 11.6 Å². The fourth-order valence-corrected chi connectivity index (χ4v) is 5.09. The summed E-state index contributed by atoms with van der Waals surface area (Å²) in [6.45, 7) is 7.03. The molecule has 1 aliphatic heterocycles. The maximum atomic E-state index is 13.3. The third-order valence-corrected chi connectivity index (χ3v) is 7.27. The molecule has 0 radical (unpaired) electrons. The van der Waals surface area contributed by atoms with Gasteiger partial charge >= 0.3 is 6.09 Å². The van der Waals surface area contributed by atoms with E-state index in [9.17, 15) is 24.3 Å². The van der Waals surface area contributed by atoms with Gasteiger partial charge in [0, 0.05) is 37.4 Å². The number of methoxy groups -OCH3 is 3. The number of rotatable bonds is 4. The minimum absolute atomic E-state index is 0.0689. The van der Waals surface area contributed by atoms with Gasteiger partial charge in [-0.1, -0.05) is 26.0 Å². The highest BCUT2D eigenvalue weighted by molar-refractivity contribution is 6.23. The molecule has 0 saturated carbocycles. The lowest BCUT2D eigenvalue weighted by molar-refractivity contribution is -0.120. The Balaban J connectivity index is 2.54. The van der Waals surface area contributed by atoms with Crippen LogP contribution in [0.15, 0.2) is 46.4 Å². The molecule has 11 nitrogen and oxygen atoms in total. The first-order valence-corrected chi connectivity index (χ1v) is 13.3. The number of hydrogen-bond donors (Lipinski definition) is 3. The first-order valence-electron chi connectivity index (χ1n) is 13.3. The minimum Gasteiger partial charge on any atom is -0.492 e. The summed E-state index contributed by atoms with van der Waals surface area (Å²) < 4.78 is 21.9. The Labute approximate surface area is 235 Å². The number of aliphatic hydroxyl groups excluding tert-OH is 1. The van der Waals surface area contributed by atoms with Crippen LogP contribution >= 0.6 is 0 Å². The molecule has 2 aliphatic rings. The summed E-state index contributed by atoms with van der Waals surface area (Å²) in [5.74, 6) is -2.26. The number of hydrogen-bond acceptors (Lipinski definition) is 9. The lowest BCUT2D eigenvalue weighted by Gasteiger charge is -2.30. The minimum atomic E-state index is -0.968. The van der Waals surface area contributed by atoms with Crippen molar-refractivity contribution in [1.29, 1.82) is 0 Å². The van der Waals surface area contributed by atoms with E-state index in [2.05, 4.69) is 5.32 Å². The number of carbonyl (C=O) groups excluding carboxylic acids is 4. The molecule has 2 bridgehead atoms. The highest BCUT2D eigenvalue weighted by Crippen LogP contribution is 2.29. The Morgan fingerprint density at radius 3 is 2.30 bits per heavy atom. The third-order valence-electron chi connectivity index (χ3n) is 7.27. The maximum Gasteiger partial charge on any atom is 0.405 e. The topological polar surface area (TPSA) is 163 Å². The molecule has 4 N–H and O–H groups in total. The first kappa shape index (κ1) is 32.9. The number of aliphatic hydroxyl groups is 1. The molecule has 0 spiro atoms. The number of fused-ring (bicyclic) bond motifs is 2. The zero-order valence-electron chi connectivity index (χ0n) is 24.3. The van der Waals surface area contributed by atoms with Crippen molar-refractivity contribution in [2.24, 2.45) is 17.6 Å². The van der Waals surface area contributed by atoms with Gasteiger partial charge in [-0.05, 0) is 51.0 Å². The first-order chi connectivity index (χ1) is 18.8. The second-order valence-corrected chi connectivity index (χ2v) is 10.4. The van der Waals surface area contributed by atoms with Crippen LogP contribution in [0.4, 0.5) is 4.79 Å². The highest BCUT2D eigenvalue weighted by Gasteiger charge is 2.34. The average molecular weight is 563 g/mol. The van der Waals surface area contributed by atoms with Gasteiger partial charge in [-0.15, -0.1) is 0 Å². The summed E-state index contributed by atoms with van der Waals surface area (Å²) >= 11 is 0. The lowest BCUT2D eigenvalue weighted by Crippen LogP contribution is -2.37. The quantitative estimate of drug-likeness (QED) is 0.345. The smallest absolute Gasteiger partial charge is 0.405 e. The molecule has 222 valence electrons. The largest absolute Gasteiger partial charge is 0.492 e. The zero-order valence-corrected chi connectivity index (χ0v) is 24.3. The standard InChI is InChI=1S/C29H42N2O9/c1-15-11-19-25(34)20(14-21(32)27(19)39-7)31-28(35)16(2)9-8-10-22(37-5)26(40-29(30)36)18(4)13-17(3)24(33)23(12-15)38-6/h9,13-15,17,22-24,26,33H,8,10-12H2,1-7H3,(H2,30,36)(H,31,35)/b16-9+,18-13+/t15-,17+,22-,23+,24+,26+/m0/s1. The molecule has 6 atom stereocenters. The van der Waals surface area contributed by atoms with E-state index in [0.717, 1.165) is 6.08 Å². The number of carbonyl (C=O) groups is 4. The fraction of sp³-hybridized carbons (Fsp3) is 0.586. The fourth-order valence-electron chi connectivity index (χ4n) is 5.09. The molecule has 1 aliphatic carbocycles. The summed E-state index contributed by atoms with van der Waals surface area (Å²) in [4.78, 5) is 50.7. The van der Waals surface area contributed by atoms with Crippen molar-refractivity contribution in [3.8, 4) is 0 Å². The molecule has 0 aromatic rings. The number of amides is 2. The van der Waals surface area contributed by atoms with Crippen molar-refractivity contribution in [2.45, 2.75) is 77.8 Å². The third kappa shape index (κ3) is 8.36. The number of nitrogens with one attached hydrogen (secondary N) is 1. The van der Waals surface area contributed by atoms with Crippen LogP contribution < -0.4 is 11.1 Å². The number of nitrogens with two attached hydrogens (primary N) is 1. The van der Waals surface area contributed by atoms with Crippen LogP contribution in [0.25, 0.3) is 0 Å². The number of ether oxygens (including phenoxy) is 4. The van der Waals surface area contributed by atoms with Crippen molar-refractivity contribution < 1.29 is 43.2 Å². The van der Waals surface area contributed by atoms with Crippen molar-refractivity contribution in [3.05, 3.63) is 46.4 Å². The molecule has 0 fully saturated rings. The van der Waals surface area contributed by atoms with Crippen molar-refractivity contribution in [3.63, 3.8) is 0 Å². The average Bonchev–Trinajstić information content (AvgIpc) is 2.90. The second-order valence-electron chi connectivity index (χ2n) is 10.4. The van der Waals surface area contributed by atoms with Gasteiger partial charge in [0.25, 0.3) is 5.91 Å². The number of allylic oxidation sites excluding steroid dienone is 3.